The molecule has 0 unspecified atom stereocenters. The number of alkyl halides is 4. The Labute approximate surface area is 244 Å². The van der Waals surface area contributed by atoms with Crippen molar-refractivity contribution in [2.75, 3.05) is 42.9 Å². The molecule has 1 saturated carbocycles. The van der Waals surface area contributed by atoms with E-state index in [2.05, 4.69) is 10.6 Å². The molecular weight excluding hydrogens is 578 g/mol. The van der Waals surface area contributed by atoms with Gasteiger partial charge in [-0.05, 0) is 56.2 Å². The van der Waals surface area contributed by atoms with Gasteiger partial charge in [-0.3, -0.25) is 4.79 Å². The van der Waals surface area contributed by atoms with Crippen molar-refractivity contribution < 1.29 is 40.7 Å². The summed E-state index contributed by atoms with van der Waals surface area (Å²) in [5.41, 5.74) is -2.80. The Kier molecular flexibility index (Phi) is 8.39. The zero-order valence-corrected chi connectivity index (χ0v) is 23.7. The number of amides is 2. The molecule has 2 fully saturated rings. The number of hydrogen-bond acceptors (Lipinski definition) is 5. The molecule has 0 radical (unpaired) electrons. The number of ether oxygens (including phenoxy) is 1. The second-order valence-corrected chi connectivity index (χ2v) is 11.6. The molecule has 2 aliphatic heterocycles. The van der Waals surface area contributed by atoms with E-state index < -0.39 is 52.7 Å². The number of carbonyl (C=O) groups excluding carboxylic acids is 2. The van der Waals surface area contributed by atoms with E-state index in [-0.39, 0.29) is 48.4 Å². The van der Waals surface area contributed by atoms with Gasteiger partial charge in [-0.1, -0.05) is 6.08 Å². The van der Waals surface area contributed by atoms with Crippen molar-refractivity contribution in [1.82, 2.24) is 10.2 Å². The number of anilines is 2. The molecule has 1 atom stereocenters. The first kappa shape index (κ1) is 30.7. The van der Waals surface area contributed by atoms with Crippen LogP contribution in [0.15, 0.2) is 36.4 Å². The van der Waals surface area contributed by atoms with Gasteiger partial charge < -0.3 is 25.2 Å². The monoisotopic (exact) mass is 610 g/mol. The van der Waals surface area contributed by atoms with Crippen LogP contribution < -0.4 is 15.5 Å². The van der Waals surface area contributed by atoms with E-state index in [0.717, 1.165) is 12.1 Å². The van der Waals surface area contributed by atoms with Crippen LogP contribution in [-0.2, 0) is 10.9 Å². The summed E-state index contributed by atoms with van der Waals surface area (Å²) >= 11 is 0. The van der Waals surface area contributed by atoms with Crippen molar-refractivity contribution in [2.24, 2.45) is 0 Å². The zero-order chi connectivity index (χ0) is 31.1. The minimum Gasteiger partial charge on any atom is -0.446 e. The van der Waals surface area contributed by atoms with Crippen LogP contribution in [0.2, 0.25) is 0 Å². The Morgan fingerprint density at radius 3 is 2.53 bits per heavy atom. The van der Waals surface area contributed by atoms with Crippen LogP contribution >= 0.6 is 0 Å². The third kappa shape index (κ3) is 6.92. The second-order valence-electron chi connectivity index (χ2n) is 11.6. The number of piperazine rings is 1. The van der Waals surface area contributed by atoms with Gasteiger partial charge in [-0.25, -0.2) is 18.0 Å². The van der Waals surface area contributed by atoms with E-state index >= 15 is 4.39 Å². The molecule has 2 aromatic rings. The minimum atomic E-state index is -4.99. The maximum absolute atomic E-state index is 15.7. The molecule has 1 saturated heterocycles. The minimum absolute atomic E-state index is 0.0144. The molecule has 7 nitrogen and oxygen atoms in total. The van der Waals surface area contributed by atoms with Gasteiger partial charge in [0.2, 0.25) is 0 Å². The average molecular weight is 611 g/mol. The van der Waals surface area contributed by atoms with Gasteiger partial charge in [0.25, 0.3) is 5.91 Å². The first-order chi connectivity index (χ1) is 20.2. The summed E-state index contributed by atoms with van der Waals surface area (Å²) in [6.07, 6.45) is -3.87. The number of nitrogens with one attached hydrogen (secondary N) is 2. The van der Waals surface area contributed by atoms with E-state index in [4.69, 9.17) is 4.74 Å². The molecule has 1 aliphatic carbocycles. The third-order valence-corrected chi connectivity index (χ3v) is 7.90. The van der Waals surface area contributed by atoms with Crippen LogP contribution in [0, 0.1) is 11.6 Å². The molecule has 0 bridgehead atoms. The van der Waals surface area contributed by atoms with Gasteiger partial charge in [0.1, 0.15) is 23.4 Å². The number of nitrogens with zero attached hydrogens (tertiary/aromatic N) is 2. The van der Waals surface area contributed by atoms with Gasteiger partial charge in [-0.15, -0.1) is 0 Å². The lowest BCUT2D eigenvalue weighted by molar-refractivity contribution is -0.138. The van der Waals surface area contributed by atoms with Gasteiger partial charge in [0.05, 0.1) is 22.5 Å². The van der Waals surface area contributed by atoms with Crippen LogP contribution in [0.3, 0.4) is 0 Å². The molecule has 2 N–H and O–H groups in total. The molecule has 0 aromatic heterocycles. The molecule has 0 spiro atoms. The molecule has 2 amide bonds. The van der Waals surface area contributed by atoms with Gasteiger partial charge in [0, 0.05) is 57.2 Å². The van der Waals surface area contributed by atoms with Crippen molar-refractivity contribution in [3.8, 4) is 0 Å². The fraction of sp³-hybridized carbons (Fsp3) is 0.467. The molecule has 5 rings (SSSR count). The maximum atomic E-state index is 15.7. The van der Waals surface area contributed by atoms with E-state index in [1.54, 1.807) is 6.08 Å². The third-order valence-electron chi connectivity index (χ3n) is 7.90. The topological polar surface area (TPSA) is 73.9 Å². The molecular formula is C30H32F6N4O3. The quantitative estimate of drug-likeness (QED) is 0.398. The van der Waals surface area contributed by atoms with E-state index in [9.17, 15) is 31.5 Å². The summed E-state index contributed by atoms with van der Waals surface area (Å²) in [6, 6.07) is 4.34. The second kappa shape index (κ2) is 11.7. The number of rotatable bonds is 5. The SMILES string of the molecule is C[C@H]1CN(c2cc(F)c(C3=CCCN(C(=O)OC4CC(C)(F)C4)C3)cc2NC(=O)c2ccc(F)cc2C(F)(F)F)CCN1. The highest BCUT2D eigenvalue weighted by Gasteiger charge is 2.43. The summed E-state index contributed by atoms with van der Waals surface area (Å²) in [4.78, 5) is 29.2. The maximum Gasteiger partial charge on any atom is 0.417 e. The number of benzene rings is 2. The van der Waals surface area contributed by atoms with Crippen LogP contribution in [0.4, 0.5) is 42.5 Å². The normalized spacial score (nSPS) is 24.2. The lowest BCUT2D eigenvalue weighted by atomic mass is 9.81. The fourth-order valence-electron chi connectivity index (χ4n) is 5.75. The lowest BCUT2D eigenvalue weighted by Crippen LogP contribution is -2.49. The van der Waals surface area contributed by atoms with Gasteiger partial charge in [-0.2, -0.15) is 13.2 Å². The van der Waals surface area contributed by atoms with Crippen LogP contribution in [0.1, 0.15) is 54.6 Å². The van der Waals surface area contributed by atoms with Crippen molar-refractivity contribution in [1.29, 1.82) is 0 Å². The standard InChI is InChI=1S/C30H32F6N4O3/c1-17-15-39(9-7-37-17)26-12-24(32)22(18-4-3-8-40(16-18)28(42)43-20-13-29(2,33)14-20)11-25(26)38-27(41)21-6-5-19(31)10-23(21)30(34,35)36/h4-6,10-12,17,20,37H,3,7-9,13-16H2,1-2H3,(H,38,41)/t17-,20?,29?/m0/s1. The molecule has 13 heteroatoms. The van der Waals surface area contributed by atoms with Crippen LogP contribution in [0.5, 0.6) is 0 Å². The average Bonchev–Trinajstić information content (AvgIpc) is 2.92. The smallest absolute Gasteiger partial charge is 0.417 e. The zero-order valence-electron chi connectivity index (χ0n) is 23.7. The Hall–Kier alpha value is -3.74. The molecule has 2 aromatic carbocycles. The predicted octanol–water partition coefficient (Wildman–Crippen LogP) is 6.15. The summed E-state index contributed by atoms with van der Waals surface area (Å²) in [6.45, 7) is 5.06. The van der Waals surface area contributed by atoms with Crippen LogP contribution in [0.25, 0.3) is 5.57 Å². The van der Waals surface area contributed by atoms with Crippen molar-refractivity contribution in [3.05, 3.63) is 64.7 Å². The van der Waals surface area contributed by atoms with Crippen molar-refractivity contribution in [3.63, 3.8) is 0 Å². The summed E-state index contributed by atoms with van der Waals surface area (Å²) in [5.74, 6) is -2.94. The van der Waals surface area contributed by atoms with Gasteiger partial charge >= 0.3 is 12.3 Å². The first-order valence-electron chi connectivity index (χ1n) is 14.0. The highest BCUT2D eigenvalue weighted by molar-refractivity contribution is 6.07. The molecule has 43 heavy (non-hydrogen) atoms. The van der Waals surface area contributed by atoms with Crippen molar-refractivity contribution >= 4 is 28.9 Å². The van der Waals surface area contributed by atoms with E-state index in [1.807, 2.05) is 11.8 Å². The Balaban J connectivity index is 1.45. The molecule has 3 aliphatic rings. The summed E-state index contributed by atoms with van der Waals surface area (Å²) < 4.78 is 89.6. The Morgan fingerprint density at radius 1 is 1.12 bits per heavy atom. The summed E-state index contributed by atoms with van der Waals surface area (Å²) in [7, 11) is 0. The highest BCUT2D eigenvalue weighted by Crippen LogP contribution is 2.39. The predicted molar refractivity (Wildman–Crippen MR) is 149 cm³/mol. The summed E-state index contributed by atoms with van der Waals surface area (Å²) in [5, 5.41) is 5.76. The van der Waals surface area contributed by atoms with Crippen LogP contribution in [-0.4, -0.2) is 67.4 Å². The van der Waals surface area contributed by atoms with E-state index in [1.165, 1.54) is 24.0 Å². The van der Waals surface area contributed by atoms with Gasteiger partial charge in [0.15, 0.2) is 0 Å². The van der Waals surface area contributed by atoms with E-state index in [0.29, 0.717) is 38.2 Å². The highest BCUT2D eigenvalue weighted by atomic mass is 19.4. The first-order valence-corrected chi connectivity index (χ1v) is 14.0. The van der Waals surface area contributed by atoms with Crippen molar-refractivity contribution in [2.45, 2.75) is 57.1 Å². The largest absolute Gasteiger partial charge is 0.446 e. The molecule has 2 heterocycles. The molecule has 232 valence electrons. The number of hydrogen-bond donors (Lipinski definition) is 2. The number of carbonyl (C=O) groups is 2. The Morgan fingerprint density at radius 2 is 1.86 bits per heavy atom. The fourth-order valence-corrected chi connectivity index (χ4v) is 5.75. The lowest BCUT2D eigenvalue weighted by Gasteiger charge is -2.39. The Bertz CT molecular complexity index is 1440. The number of halogens is 6.